The van der Waals surface area contributed by atoms with Gasteiger partial charge in [-0.3, -0.25) is 0 Å². The zero-order chi connectivity index (χ0) is 15.6. The third kappa shape index (κ3) is 2.88. The van der Waals surface area contributed by atoms with Crippen LogP contribution in [0.25, 0.3) is 11.8 Å². The van der Waals surface area contributed by atoms with Gasteiger partial charge < -0.3 is 5.32 Å². The first-order valence-corrected chi connectivity index (χ1v) is 8.69. The van der Waals surface area contributed by atoms with Crippen LogP contribution < -0.4 is 5.32 Å². The Morgan fingerprint density at radius 3 is 2.61 bits per heavy atom. The van der Waals surface area contributed by atoms with E-state index in [0.29, 0.717) is 5.92 Å². The summed E-state index contributed by atoms with van der Waals surface area (Å²) in [4.78, 5) is 9.54. The van der Waals surface area contributed by atoms with Crippen molar-refractivity contribution in [2.45, 2.75) is 51.5 Å². The van der Waals surface area contributed by atoms with Crippen LogP contribution in [0, 0.1) is 6.92 Å². The van der Waals surface area contributed by atoms with Crippen molar-refractivity contribution in [3.05, 3.63) is 58.7 Å². The molecule has 0 amide bonds. The van der Waals surface area contributed by atoms with Crippen molar-refractivity contribution in [3.8, 4) is 0 Å². The number of rotatable bonds is 2. The van der Waals surface area contributed by atoms with Crippen molar-refractivity contribution < 1.29 is 1.43 Å². The maximum atomic E-state index is 4.83. The van der Waals surface area contributed by atoms with Crippen LogP contribution in [-0.4, -0.2) is 9.97 Å². The topological polar surface area (TPSA) is 37.8 Å². The lowest BCUT2D eigenvalue weighted by Gasteiger charge is -2.27. The van der Waals surface area contributed by atoms with Gasteiger partial charge in [0.05, 0.1) is 11.4 Å². The van der Waals surface area contributed by atoms with E-state index in [4.69, 9.17) is 9.97 Å². The quantitative estimate of drug-likeness (QED) is 0.875. The number of hydrogen-bond donors (Lipinski definition) is 1. The van der Waals surface area contributed by atoms with Gasteiger partial charge in [-0.2, -0.15) is 0 Å². The lowest BCUT2D eigenvalue weighted by atomic mass is 9.84. The fraction of sp³-hybridized carbons (Fsp3) is 0.400. The Hall–Kier alpha value is -2.16. The third-order valence-corrected chi connectivity index (χ3v) is 5.00. The van der Waals surface area contributed by atoms with E-state index in [1.54, 1.807) is 0 Å². The Bertz CT molecular complexity index is 734. The highest BCUT2D eigenvalue weighted by molar-refractivity contribution is 5.82. The molecule has 0 atom stereocenters. The molecule has 23 heavy (non-hydrogen) atoms. The highest BCUT2D eigenvalue weighted by atomic mass is 15.0. The van der Waals surface area contributed by atoms with Crippen molar-refractivity contribution in [2.24, 2.45) is 0 Å². The molecule has 2 aliphatic rings. The largest absolute Gasteiger partial charge is 0.380 e. The van der Waals surface area contributed by atoms with Gasteiger partial charge in [-0.05, 0) is 31.4 Å². The van der Waals surface area contributed by atoms with Crippen LogP contribution in [0.4, 0.5) is 0 Å². The molecule has 1 saturated carbocycles. The van der Waals surface area contributed by atoms with E-state index in [9.17, 15) is 0 Å². The summed E-state index contributed by atoms with van der Waals surface area (Å²) in [5.41, 5.74) is 6.08. The van der Waals surface area contributed by atoms with E-state index in [2.05, 4.69) is 35.7 Å². The smallest absolute Gasteiger partial charge is 0.126 e. The van der Waals surface area contributed by atoms with Crippen LogP contribution in [0.3, 0.4) is 0 Å². The molecule has 0 radical (unpaired) electrons. The first-order chi connectivity index (χ1) is 11.3. The minimum absolute atomic E-state index is 0. The first kappa shape index (κ1) is 14.4. The zero-order valence-corrected chi connectivity index (χ0v) is 13.7. The third-order valence-electron chi connectivity index (χ3n) is 5.00. The SMILES string of the molecule is Cc1nc2c(c(C3CCCCC3)n1)CNC(c1ccccc1)=C2.[HH]. The molecule has 2 aromatic rings. The number of aromatic nitrogens is 2. The van der Waals surface area contributed by atoms with E-state index in [1.165, 1.54) is 48.9 Å². The molecule has 1 fully saturated rings. The molecule has 4 rings (SSSR count). The van der Waals surface area contributed by atoms with Gasteiger partial charge in [0, 0.05) is 25.1 Å². The van der Waals surface area contributed by atoms with Crippen LogP contribution in [0.5, 0.6) is 0 Å². The number of nitrogens with zero attached hydrogens (tertiary/aromatic N) is 2. The average molecular weight is 307 g/mol. The molecular weight excluding hydrogens is 282 g/mol. The minimum Gasteiger partial charge on any atom is -0.380 e. The number of aryl methyl sites for hydroxylation is 1. The Labute approximate surface area is 139 Å². The summed E-state index contributed by atoms with van der Waals surface area (Å²) in [6.45, 7) is 2.85. The van der Waals surface area contributed by atoms with Crippen LogP contribution in [0.15, 0.2) is 30.3 Å². The second-order valence-corrected chi connectivity index (χ2v) is 6.63. The molecule has 3 nitrogen and oxygen atoms in total. The molecule has 1 N–H and O–H groups in total. The Kier molecular flexibility index (Phi) is 3.86. The normalized spacial score (nSPS) is 18.0. The predicted molar refractivity (Wildman–Crippen MR) is 95.9 cm³/mol. The van der Waals surface area contributed by atoms with Gasteiger partial charge in [0.25, 0.3) is 0 Å². The van der Waals surface area contributed by atoms with Gasteiger partial charge in [-0.1, -0.05) is 49.6 Å². The fourth-order valence-electron chi connectivity index (χ4n) is 3.83. The van der Waals surface area contributed by atoms with Crippen LogP contribution >= 0.6 is 0 Å². The molecule has 1 aromatic carbocycles. The Balaban J connectivity index is 0.00000169. The van der Waals surface area contributed by atoms with Crippen LogP contribution in [0.1, 0.15) is 67.8 Å². The summed E-state index contributed by atoms with van der Waals surface area (Å²) >= 11 is 0. The summed E-state index contributed by atoms with van der Waals surface area (Å²) in [7, 11) is 0. The van der Waals surface area contributed by atoms with Gasteiger partial charge in [-0.15, -0.1) is 0 Å². The monoisotopic (exact) mass is 307 g/mol. The second-order valence-electron chi connectivity index (χ2n) is 6.63. The molecule has 3 heteroatoms. The van der Waals surface area contributed by atoms with E-state index in [0.717, 1.165) is 23.8 Å². The molecule has 1 aliphatic carbocycles. The zero-order valence-electron chi connectivity index (χ0n) is 13.7. The van der Waals surface area contributed by atoms with Gasteiger partial charge in [0.2, 0.25) is 0 Å². The predicted octanol–water partition coefficient (Wildman–Crippen LogP) is 4.68. The van der Waals surface area contributed by atoms with Crippen molar-refractivity contribution >= 4 is 11.8 Å². The number of hydrogen-bond acceptors (Lipinski definition) is 3. The minimum atomic E-state index is 0. The Morgan fingerprint density at radius 2 is 1.83 bits per heavy atom. The molecule has 0 saturated heterocycles. The van der Waals surface area contributed by atoms with Gasteiger partial charge in [0.15, 0.2) is 0 Å². The number of fused-ring (bicyclic) bond motifs is 1. The van der Waals surface area contributed by atoms with Crippen molar-refractivity contribution in [3.63, 3.8) is 0 Å². The van der Waals surface area contributed by atoms with E-state index >= 15 is 0 Å². The van der Waals surface area contributed by atoms with Crippen molar-refractivity contribution in [1.29, 1.82) is 0 Å². The molecular formula is C20H25N3. The van der Waals surface area contributed by atoms with E-state index < -0.39 is 0 Å². The Morgan fingerprint density at radius 1 is 1.04 bits per heavy atom. The molecule has 0 bridgehead atoms. The van der Waals surface area contributed by atoms with Gasteiger partial charge >= 0.3 is 0 Å². The van der Waals surface area contributed by atoms with E-state index in [1.807, 2.05) is 13.0 Å². The molecule has 2 heterocycles. The number of benzene rings is 1. The highest BCUT2D eigenvalue weighted by Gasteiger charge is 2.24. The summed E-state index contributed by atoms with van der Waals surface area (Å²) in [5, 5.41) is 3.57. The fourth-order valence-corrected chi connectivity index (χ4v) is 3.83. The second kappa shape index (κ2) is 6.15. The van der Waals surface area contributed by atoms with Crippen molar-refractivity contribution in [1.82, 2.24) is 15.3 Å². The lowest BCUT2D eigenvalue weighted by Crippen LogP contribution is -2.22. The maximum Gasteiger partial charge on any atom is 0.126 e. The maximum absolute atomic E-state index is 4.83. The summed E-state index contributed by atoms with van der Waals surface area (Å²) < 4.78 is 0. The first-order valence-electron chi connectivity index (χ1n) is 8.69. The molecule has 120 valence electrons. The standard InChI is InChI=1S/C20H23N3.H2/c1-14-22-19-12-18(15-8-4-2-5-9-15)21-13-17(19)20(23-14)16-10-6-3-7-11-16;/h2,4-5,8-9,12,16,21H,3,6-7,10-11,13H2,1H3;1H. The van der Waals surface area contributed by atoms with Crippen LogP contribution in [-0.2, 0) is 6.54 Å². The summed E-state index contributed by atoms with van der Waals surface area (Å²) in [6, 6.07) is 10.5. The molecule has 0 spiro atoms. The molecule has 1 aromatic heterocycles. The van der Waals surface area contributed by atoms with Gasteiger partial charge in [0.1, 0.15) is 5.82 Å². The molecule has 1 aliphatic heterocycles. The van der Waals surface area contributed by atoms with Crippen molar-refractivity contribution in [2.75, 3.05) is 0 Å². The van der Waals surface area contributed by atoms with E-state index in [-0.39, 0.29) is 1.43 Å². The van der Waals surface area contributed by atoms with Gasteiger partial charge in [-0.25, -0.2) is 9.97 Å². The number of nitrogens with one attached hydrogen (secondary N) is 1. The lowest BCUT2D eigenvalue weighted by molar-refractivity contribution is 0.432. The van der Waals surface area contributed by atoms with Crippen LogP contribution in [0.2, 0.25) is 0 Å². The summed E-state index contributed by atoms with van der Waals surface area (Å²) in [6.07, 6.45) is 8.78. The molecule has 0 unspecified atom stereocenters. The average Bonchev–Trinajstić information content (AvgIpc) is 2.62. The highest BCUT2D eigenvalue weighted by Crippen LogP contribution is 2.35. The summed E-state index contributed by atoms with van der Waals surface area (Å²) in [5.74, 6) is 1.52.